The van der Waals surface area contributed by atoms with E-state index >= 15 is 0 Å². The minimum atomic E-state index is 1.21. The molecule has 9 aromatic carbocycles. The van der Waals surface area contributed by atoms with E-state index in [-0.39, 0.29) is 0 Å². The number of hydrogen-bond donors (Lipinski definition) is 0. The lowest BCUT2D eigenvalue weighted by molar-refractivity contribution is 1.59. The molecule has 0 amide bonds. The second-order valence-corrected chi connectivity index (χ2v) is 13.0. The van der Waals surface area contributed by atoms with Gasteiger partial charge in [0.25, 0.3) is 0 Å². The van der Waals surface area contributed by atoms with Crippen LogP contribution in [0.3, 0.4) is 0 Å². The Balaban J connectivity index is 1.23. The predicted octanol–water partition coefficient (Wildman–Crippen LogP) is 14.0. The van der Waals surface area contributed by atoms with Crippen molar-refractivity contribution in [2.45, 2.75) is 0 Å². The molecule has 0 aliphatic heterocycles. The zero-order valence-corrected chi connectivity index (χ0v) is 27.6. The molecule has 0 saturated carbocycles. The zero-order chi connectivity index (χ0) is 33.3. The Morgan fingerprint density at radius 2 is 0.440 bits per heavy atom. The fourth-order valence-corrected chi connectivity index (χ4v) is 7.24. The fourth-order valence-electron chi connectivity index (χ4n) is 7.24. The van der Waals surface area contributed by atoms with Crippen LogP contribution in [0.2, 0.25) is 0 Å². The van der Waals surface area contributed by atoms with Gasteiger partial charge in [-0.3, -0.25) is 0 Å². The largest absolute Gasteiger partial charge is 0.0622 e. The lowest BCUT2D eigenvalue weighted by atomic mass is 9.87. The molecular formula is C50H34. The van der Waals surface area contributed by atoms with Gasteiger partial charge >= 0.3 is 0 Å². The molecule has 0 fully saturated rings. The SMILES string of the molecule is c1ccc(-c2ccc(-c3cc(-c4ccccc4)c4cc5cc(-c6ccc(-c7ccccc7)cc6)cc(-c6ccccc6)c5cc4c3)cc2)cc1. The summed E-state index contributed by atoms with van der Waals surface area (Å²) in [5.41, 5.74) is 14.7. The Morgan fingerprint density at radius 1 is 0.180 bits per heavy atom. The average molecular weight is 635 g/mol. The third kappa shape index (κ3) is 5.68. The fraction of sp³-hybridized carbons (Fsp3) is 0. The third-order valence-electron chi connectivity index (χ3n) is 9.84. The Morgan fingerprint density at radius 3 is 0.760 bits per heavy atom. The molecule has 9 aromatic rings. The second kappa shape index (κ2) is 12.8. The van der Waals surface area contributed by atoms with Gasteiger partial charge in [0, 0.05) is 0 Å². The van der Waals surface area contributed by atoms with Crippen LogP contribution in [0.4, 0.5) is 0 Å². The van der Waals surface area contributed by atoms with Crippen molar-refractivity contribution in [1.82, 2.24) is 0 Å². The summed E-state index contributed by atoms with van der Waals surface area (Å²) in [7, 11) is 0. The van der Waals surface area contributed by atoms with E-state index < -0.39 is 0 Å². The summed E-state index contributed by atoms with van der Waals surface area (Å²) in [6.45, 7) is 0. The van der Waals surface area contributed by atoms with Gasteiger partial charge in [0.15, 0.2) is 0 Å². The van der Waals surface area contributed by atoms with Gasteiger partial charge in [0.05, 0.1) is 0 Å². The summed E-state index contributed by atoms with van der Waals surface area (Å²) in [6.07, 6.45) is 0. The van der Waals surface area contributed by atoms with Crippen molar-refractivity contribution in [3.05, 3.63) is 206 Å². The molecule has 0 saturated heterocycles. The number of fused-ring (bicyclic) bond motifs is 2. The van der Waals surface area contributed by atoms with Gasteiger partial charge in [-0.25, -0.2) is 0 Å². The highest BCUT2D eigenvalue weighted by molar-refractivity contribution is 6.11. The van der Waals surface area contributed by atoms with Crippen molar-refractivity contribution in [2.24, 2.45) is 0 Å². The Kier molecular flexibility index (Phi) is 7.61. The highest BCUT2D eigenvalue weighted by atomic mass is 14.2. The first-order chi connectivity index (χ1) is 24.8. The van der Waals surface area contributed by atoms with Crippen LogP contribution in [0.5, 0.6) is 0 Å². The monoisotopic (exact) mass is 634 g/mol. The molecule has 0 N–H and O–H groups in total. The summed E-state index contributed by atoms with van der Waals surface area (Å²) in [5.74, 6) is 0. The van der Waals surface area contributed by atoms with E-state index in [4.69, 9.17) is 0 Å². The lowest BCUT2D eigenvalue weighted by Crippen LogP contribution is -1.90. The zero-order valence-electron chi connectivity index (χ0n) is 27.6. The molecule has 0 bridgehead atoms. The first kappa shape index (κ1) is 29.6. The lowest BCUT2D eigenvalue weighted by Gasteiger charge is -2.16. The van der Waals surface area contributed by atoms with Crippen molar-refractivity contribution < 1.29 is 0 Å². The molecule has 0 aliphatic rings. The maximum Gasteiger partial charge on any atom is -0.00986 e. The minimum absolute atomic E-state index is 1.21. The van der Waals surface area contributed by atoms with E-state index in [0.717, 1.165) is 0 Å². The molecule has 0 radical (unpaired) electrons. The first-order valence-electron chi connectivity index (χ1n) is 17.2. The maximum absolute atomic E-state index is 2.41. The molecule has 9 rings (SSSR count). The van der Waals surface area contributed by atoms with Gasteiger partial charge in [-0.15, -0.1) is 0 Å². The summed E-state index contributed by atoms with van der Waals surface area (Å²) in [6, 6.07) is 75.0. The molecule has 0 nitrogen and oxygen atoms in total. The summed E-state index contributed by atoms with van der Waals surface area (Å²) < 4.78 is 0. The second-order valence-electron chi connectivity index (χ2n) is 13.0. The van der Waals surface area contributed by atoms with Crippen LogP contribution in [0, 0.1) is 0 Å². The van der Waals surface area contributed by atoms with Crippen molar-refractivity contribution >= 4 is 21.5 Å². The highest BCUT2D eigenvalue weighted by Crippen LogP contribution is 2.41. The standard InChI is InChI=1S/C50H34/c1-5-13-35(14-6-1)37-21-25-39(26-22-37)43-29-45-33-50-46(34-49(45)47(31-43)41-17-9-3-10-18-41)30-44(32-48(50)42-19-11-4-12-20-42)40-27-23-38(24-28-40)36-15-7-2-8-16-36/h1-34H. The van der Waals surface area contributed by atoms with E-state index in [2.05, 4.69) is 206 Å². The van der Waals surface area contributed by atoms with Gasteiger partial charge in [0.2, 0.25) is 0 Å². The van der Waals surface area contributed by atoms with Crippen molar-refractivity contribution in [2.75, 3.05) is 0 Å². The van der Waals surface area contributed by atoms with Gasteiger partial charge < -0.3 is 0 Å². The molecule has 234 valence electrons. The Hall–Kier alpha value is -6.50. The van der Waals surface area contributed by atoms with Crippen LogP contribution in [-0.4, -0.2) is 0 Å². The molecule has 0 atom stereocenters. The average Bonchev–Trinajstić information content (AvgIpc) is 3.21. The Labute approximate surface area is 293 Å². The van der Waals surface area contributed by atoms with Gasteiger partial charge in [-0.05, 0) is 125 Å². The van der Waals surface area contributed by atoms with Crippen LogP contribution in [0.25, 0.3) is 88.3 Å². The molecule has 0 spiro atoms. The van der Waals surface area contributed by atoms with Crippen LogP contribution in [0.1, 0.15) is 0 Å². The third-order valence-corrected chi connectivity index (χ3v) is 9.84. The molecule has 0 unspecified atom stereocenters. The van der Waals surface area contributed by atoms with Crippen molar-refractivity contribution in [3.63, 3.8) is 0 Å². The van der Waals surface area contributed by atoms with E-state index in [1.165, 1.54) is 88.3 Å². The topological polar surface area (TPSA) is 0 Å². The van der Waals surface area contributed by atoms with Gasteiger partial charge in [0.1, 0.15) is 0 Å². The maximum atomic E-state index is 2.41. The summed E-state index contributed by atoms with van der Waals surface area (Å²) in [5, 5.41) is 4.98. The highest BCUT2D eigenvalue weighted by Gasteiger charge is 2.14. The van der Waals surface area contributed by atoms with Crippen LogP contribution in [0.15, 0.2) is 206 Å². The number of benzene rings is 9. The number of rotatable bonds is 6. The minimum Gasteiger partial charge on any atom is -0.0622 e. The summed E-state index contributed by atoms with van der Waals surface area (Å²) in [4.78, 5) is 0. The van der Waals surface area contributed by atoms with Crippen LogP contribution < -0.4 is 0 Å². The van der Waals surface area contributed by atoms with Crippen molar-refractivity contribution in [3.8, 4) is 66.8 Å². The van der Waals surface area contributed by atoms with E-state index in [0.29, 0.717) is 0 Å². The van der Waals surface area contributed by atoms with E-state index in [1.54, 1.807) is 0 Å². The number of hydrogen-bond acceptors (Lipinski definition) is 0. The van der Waals surface area contributed by atoms with Gasteiger partial charge in [-0.1, -0.05) is 170 Å². The molecular weight excluding hydrogens is 601 g/mol. The molecule has 0 aromatic heterocycles. The molecule has 0 heterocycles. The normalized spacial score (nSPS) is 11.2. The van der Waals surface area contributed by atoms with Crippen molar-refractivity contribution in [1.29, 1.82) is 0 Å². The van der Waals surface area contributed by atoms with Crippen LogP contribution >= 0.6 is 0 Å². The van der Waals surface area contributed by atoms with E-state index in [9.17, 15) is 0 Å². The Bertz CT molecular complexity index is 2380. The van der Waals surface area contributed by atoms with E-state index in [1.807, 2.05) is 0 Å². The smallest absolute Gasteiger partial charge is 0.00986 e. The van der Waals surface area contributed by atoms with Gasteiger partial charge in [-0.2, -0.15) is 0 Å². The molecule has 0 aliphatic carbocycles. The predicted molar refractivity (Wildman–Crippen MR) is 214 cm³/mol. The molecule has 50 heavy (non-hydrogen) atoms. The first-order valence-corrected chi connectivity index (χ1v) is 17.2. The summed E-state index contributed by atoms with van der Waals surface area (Å²) >= 11 is 0. The quantitative estimate of drug-likeness (QED) is 0.160. The van der Waals surface area contributed by atoms with Crippen LogP contribution in [-0.2, 0) is 0 Å². The molecule has 0 heteroatoms.